The molecule has 0 N–H and O–H groups in total. The number of carbonyl (C=O) groups excluding carboxylic acids is 1. The summed E-state index contributed by atoms with van der Waals surface area (Å²) in [6.07, 6.45) is 4.16. The lowest BCUT2D eigenvalue weighted by molar-refractivity contribution is -0.944. The molecule has 3 saturated heterocycles. The summed E-state index contributed by atoms with van der Waals surface area (Å²) in [4.78, 5) is 12.4. The zero-order valence-corrected chi connectivity index (χ0v) is 14.1. The number of benzene rings is 1. The number of ether oxygens (including phenoxy) is 1. The Bertz CT molecular complexity index is 495. The summed E-state index contributed by atoms with van der Waals surface area (Å²) >= 11 is 0. The van der Waals surface area contributed by atoms with E-state index in [-0.39, 0.29) is 23.8 Å². The fourth-order valence-corrected chi connectivity index (χ4v) is 4.16. The molecule has 3 nitrogen and oxygen atoms in total. The highest BCUT2D eigenvalue weighted by molar-refractivity contribution is 5.77. The number of esters is 1. The summed E-state index contributed by atoms with van der Waals surface area (Å²) in [5.41, 5.74) is 1.24. The molecule has 4 heteroatoms. The number of halogens is 1. The van der Waals surface area contributed by atoms with Crippen LogP contribution in [0, 0.1) is 5.41 Å². The van der Waals surface area contributed by atoms with Gasteiger partial charge in [0.15, 0.2) is 0 Å². The third kappa shape index (κ3) is 3.31. The fourth-order valence-electron chi connectivity index (χ4n) is 4.16. The van der Waals surface area contributed by atoms with Crippen LogP contribution in [0.5, 0.6) is 0 Å². The Morgan fingerprint density at radius 1 is 1.14 bits per heavy atom. The molecule has 0 atom stereocenters. The molecule has 0 aromatic heterocycles. The van der Waals surface area contributed by atoms with Gasteiger partial charge in [-0.15, -0.1) is 0 Å². The molecule has 3 fully saturated rings. The molecule has 0 radical (unpaired) electrons. The average Bonchev–Trinajstić information content (AvgIpc) is 2.80. The van der Waals surface area contributed by atoms with Crippen molar-refractivity contribution in [1.82, 2.24) is 0 Å². The van der Waals surface area contributed by atoms with Crippen molar-refractivity contribution in [2.24, 2.45) is 5.41 Å². The lowest BCUT2D eigenvalue weighted by Gasteiger charge is -2.44. The van der Waals surface area contributed by atoms with E-state index in [4.69, 9.17) is 4.74 Å². The molecule has 3 heterocycles. The van der Waals surface area contributed by atoms with E-state index in [1.54, 1.807) is 0 Å². The van der Waals surface area contributed by atoms with Crippen LogP contribution in [0.15, 0.2) is 30.3 Å². The third-order valence-electron chi connectivity index (χ3n) is 5.49. The van der Waals surface area contributed by atoms with Crippen LogP contribution in [-0.2, 0) is 16.1 Å². The monoisotopic (exact) mass is 323 g/mol. The summed E-state index contributed by atoms with van der Waals surface area (Å²) in [5.74, 6) is 0.0596. The first kappa shape index (κ1) is 17.3. The zero-order chi connectivity index (χ0) is 14.8. The van der Waals surface area contributed by atoms with Crippen LogP contribution in [0.4, 0.5) is 0 Å². The molecule has 0 saturated carbocycles. The molecular formula is C18H26ClNO2. The zero-order valence-electron chi connectivity index (χ0n) is 13.4. The quantitative estimate of drug-likeness (QED) is 0.582. The first-order valence-electron chi connectivity index (χ1n) is 8.24. The first-order chi connectivity index (χ1) is 10.2. The molecule has 4 rings (SSSR count). The number of quaternary nitrogens is 1. The number of carbonyl (C=O) groups is 1. The van der Waals surface area contributed by atoms with E-state index < -0.39 is 0 Å². The van der Waals surface area contributed by atoms with Crippen LogP contribution in [0.3, 0.4) is 0 Å². The topological polar surface area (TPSA) is 26.3 Å². The SMILES string of the molecule is CCOC(=O)C12CCC[N+](Cc3ccccc3)(CC1)CC2.[Cl-]. The molecule has 0 unspecified atom stereocenters. The summed E-state index contributed by atoms with van der Waals surface area (Å²) < 4.78 is 6.52. The molecule has 22 heavy (non-hydrogen) atoms. The van der Waals surface area contributed by atoms with E-state index in [0.29, 0.717) is 6.61 Å². The maximum Gasteiger partial charge on any atom is 0.312 e. The Morgan fingerprint density at radius 3 is 2.45 bits per heavy atom. The average molecular weight is 324 g/mol. The first-order valence-corrected chi connectivity index (χ1v) is 8.24. The van der Waals surface area contributed by atoms with Crippen molar-refractivity contribution in [3.8, 4) is 0 Å². The van der Waals surface area contributed by atoms with E-state index >= 15 is 0 Å². The summed E-state index contributed by atoms with van der Waals surface area (Å²) in [6.45, 7) is 6.96. The third-order valence-corrected chi connectivity index (χ3v) is 5.49. The highest BCUT2D eigenvalue weighted by Crippen LogP contribution is 2.44. The number of nitrogens with zero attached hydrogens (tertiary/aromatic N) is 1. The van der Waals surface area contributed by atoms with Crippen molar-refractivity contribution in [1.29, 1.82) is 0 Å². The van der Waals surface area contributed by atoms with Gasteiger partial charge in [0.05, 0.1) is 31.7 Å². The minimum absolute atomic E-state index is 0. The van der Waals surface area contributed by atoms with Gasteiger partial charge in [0.1, 0.15) is 6.54 Å². The molecule has 1 aromatic rings. The Balaban J connectivity index is 0.00000176. The molecule has 0 aliphatic carbocycles. The predicted octanol–water partition coefficient (Wildman–Crippen LogP) is 0.145. The lowest BCUT2D eigenvalue weighted by Crippen LogP contribution is -3.00. The molecular weight excluding hydrogens is 298 g/mol. The van der Waals surface area contributed by atoms with Crippen molar-refractivity contribution in [3.05, 3.63) is 35.9 Å². The second-order valence-electron chi connectivity index (χ2n) is 6.76. The smallest absolute Gasteiger partial charge is 0.312 e. The van der Waals surface area contributed by atoms with Gasteiger partial charge in [0.25, 0.3) is 0 Å². The van der Waals surface area contributed by atoms with Crippen LogP contribution in [-0.4, -0.2) is 36.7 Å². The number of fused-ring (bicyclic) bond motifs is 4. The van der Waals surface area contributed by atoms with E-state index in [1.165, 1.54) is 12.1 Å². The molecule has 3 aliphatic heterocycles. The second kappa shape index (κ2) is 7.01. The Labute approximate surface area is 139 Å². The Hall–Kier alpha value is -1.06. The Morgan fingerprint density at radius 2 is 1.82 bits per heavy atom. The van der Waals surface area contributed by atoms with Gasteiger partial charge in [-0.3, -0.25) is 4.79 Å². The van der Waals surface area contributed by atoms with Gasteiger partial charge in [0, 0.05) is 18.4 Å². The molecule has 122 valence electrons. The van der Waals surface area contributed by atoms with Crippen molar-refractivity contribution < 1.29 is 26.4 Å². The number of hydrogen-bond acceptors (Lipinski definition) is 2. The molecule has 0 amide bonds. The standard InChI is InChI=1S/C18H26NO2.ClH/c1-2-21-17(20)18-9-6-12-19(13-10-18,14-11-18)15-16-7-4-3-5-8-16;/h3-5,7-8H,2,6,9-15H2,1H3;1H/q+1;/p-1. The summed E-state index contributed by atoms with van der Waals surface area (Å²) in [5, 5.41) is 0. The largest absolute Gasteiger partial charge is 1.00 e. The number of hydrogen-bond donors (Lipinski definition) is 0. The van der Waals surface area contributed by atoms with Crippen molar-refractivity contribution in [2.45, 2.75) is 39.2 Å². The fraction of sp³-hybridized carbons (Fsp3) is 0.611. The molecule has 1 aromatic carbocycles. The van der Waals surface area contributed by atoms with Crippen molar-refractivity contribution in [3.63, 3.8) is 0 Å². The van der Waals surface area contributed by atoms with Crippen LogP contribution in [0.1, 0.15) is 38.2 Å². The van der Waals surface area contributed by atoms with Gasteiger partial charge in [0.2, 0.25) is 0 Å². The van der Waals surface area contributed by atoms with E-state index in [2.05, 4.69) is 30.3 Å². The van der Waals surface area contributed by atoms with Crippen LogP contribution in [0.2, 0.25) is 0 Å². The lowest BCUT2D eigenvalue weighted by atomic mass is 9.76. The summed E-state index contributed by atoms with van der Waals surface area (Å²) in [7, 11) is 0. The van der Waals surface area contributed by atoms with Crippen LogP contribution in [0.25, 0.3) is 0 Å². The molecule has 3 aliphatic rings. The number of rotatable bonds is 4. The minimum Gasteiger partial charge on any atom is -1.00 e. The van der Waals surface area contributed by atoms with Gasteiger partial charge in [-0.2, -0.15) is 0 Å². The normalized spacial score (nSPS) is 30.2. The maximum atomic E-state index is 12.4. The van der Waals surface area contributed by atoms with Crippen molar-refractivity contribution >= 4 is 5.97 Å². The maximum absolute atomic E-state index is 12.4. The van der Waals surface area contributed by atoms with Crippen molar-refractivity contribution in [2.75, 3.05) is 26.2 Å². The van der Waals surface area contributed by atoms with Gasteiger partial charge in [-0.25, -0.2) is 0 Å². The van der Waals surface area contributed by atoms with Crippen LogP contribution >= 0.6 is 0 Å². The van der Waals surface area contributed by atoms with Gasteiger partial charge < -0.3 is 21.6 Å². The van der Waals surface area contributed by atoms with E-state index in [1.807, 2.05) is 6.92 Å². The highest BCUT2D eigenvalue weighted by Gasteiger charge is 2.50. The van der Waals surface area contributed by atoms with Gasteiger partial charge in [-0.1, -0.05) is 30.3 Å². The van der Waals surface area contributed by atoms with Gasteiger partial charge >= 0.3 is 5.97 Å². The molecule has 2 bridgehead atoms. The Kier molecular flexibility index (Phi) is 5.51. The summed E-state index contributed by atoms with van der Waals surface area (Å²) in [6, 6.07) is 10.8. The van der Waals surface area contributed by atoms with Gasteiger partial charge in [-0.05, 0) is 19.8 Å². The van der Waals surface area contributed by atoms with Crippen LogP contribution < -0.4 is 12.4 Å². The van der Waals surface area contributed by atoms with E-state index in [0.717, 1.165) is 49.8 Å². The second-order valence-corrected chi connectivity index (χ2v) is 6.76. The predicted molar refractivity (Wildman–Crippen MR) is 82.5 cm³/mol. The minimum atomic E-state index is -0.176. The number of piperidine rings is 1. The molecule has 0 spiro atoms. The van der Waals surface area contributed by atoms with E-state index in [9.17, 15) is 4.79 Å². The highest BCUT2D eigenvalue weighted by atomic mass is 35.5.